The van der Waals surface area contributed by atoms with Gasteiger partial charge in [-0.15, -0.1) is 0 Å². The zero-order chi connectivity index (χ0) is 21.6. The van der Waals surface area contributed by atoms with E-state index in [9.17, 15) is 4.79 Å². The number of hydrogen-bond donors (Lipinski definition) is 2. The van der Waals surface area contributed by atoms with Crippen LogP contribution in [0.25, 0.3) is 12.2 Å². The van der Waals surface area contributed by atoms with Crippen LogP contribution in [-0.2, 0) is 0 Å². The van der Waals surface area contributed by atoms with Crippen molar-refractivity contribution in [2.45, 2.75) is 26.2 Å². The number of amides is 1. The summed E-state index contributed by atoms with van der Waals surface area (Å²) < 4.78 is 0. The summed E-state index contributed by atoms with van der Waals surface area (Å²) in [6.45, 7) is 3.87. The van der Waals surface area contributed by atoms with E-state index in [2.05, 4.69) is 25.2 Å². The van der Waals surface area contributed by atoms with Gasteiger partial charge in [-0.2, -0.15) is 9.97 Å². The summed E-state index contributed by atoms with van der Waals surface area (Å²) in [5.74, 6) is 1.89. The lowest BCUT2D eigenvalue weighted by Crippen LogP contribution is -2.31. The molecule has 0 bridgehead atoms. The molecule has 158 valence electrons. The van der Waals surface area contributed by atoms with Crippen molar-refractivity contribution >= 4 is 35.4 Å². The summed E-state index contributed by atoms with van der Waals surface area (Å²) in [5, 5.41) is 2.83. The molecule has 1 aliphatic heterocycles. The molecule has 2 aromatic carbocycles. The van der Waals surface area contributed by atoms with Crippen LogP contribution in [-0.4, -0.2) is 33.9 Å². The van der Waals surface area contributed by atoms with Crippen LogP contribution in [0.1, 0.15) is 46.8 Å². The molecule has 4 rings (SSSR count). The summed E-state index contributed by atoms with van der Waals surface area (Å²) in [7, 11) is 0. The van der Waals surface area contributed by atoms with Gasteiger partial charge in [0.2, 0.25) is 5.95 Å². The van der Waals surface area contributed by atoms with Crippen molar-refractivity contribution in [3.05, 3.63) is 71.3 Å². The number of benzene rings is 2. The molecule has 1 saturated heterocycles. The Labute approximate surface area is 182 Å². The molecule has 1 amide bonds. The predicted octanol–water partition coefficient (Wildman–Crippen LogP) is 4.18. The average molecular weight is 415 g/mol. The lowest BCUT2D eigenvalue weighted by atomic mass is 10.1. The van der Waals surface area contributed by atoms with Gasteiger partial charge in [-0.05, 0) is 62.1 Å². The molecule has 2 heterocycles. The molecule has 31 heavy (non-hydrogen) atoms. The first kappa shape index (κ1) is 20.5. The average Bonchev–Trinajstić information content (AvgIpc) is 2.80. The normalized spacial score (nSPS) is 14.0. The molecule has 7 heteroatoms. The standard InChI is InChI=1S/C24H26N6O/c1-17-26-22(29-24(27-17)30-15-5-2-6-16-30)14-11-18-9-12-19(13-10-18)23(31)28-21-8-4-3-7-20(21)25/h3-4,7-14H,2,5-6,15-16,25H2,1H3,(H,28,31)/b14-11+. The third kappa shape index (κ3) is 5.25. The van der Waals surface area contributed by atoms with Crippen LogP contribution in [0.2, 0.25) is 0 Å². The molecule has 0 unspecified atom stereocenters. The molecule has 3 aromatic rings. The molecule has 1 aromatic heterocycles. The van der Waals surface area contributed by atoms with Gasteiger partial charge in [0, 0.05) is 18.7 Å². The van der Waals surface area contributed by atoms with Crippen molar-refractivity contribution in [1.82, 2.24) is 15.0 Å². The Morgan fingerprint density at radius 1 is 0.968 bits per heavy atom. The van der Waals surface area contributed by atoms with E-state index in [1.807, 2.05) is 43.3 Å². The number of anilines is 3. The second kappa shape index (κ2) is 9.38. The van der Waals surface area contributed by atoms with E-state index in [4.69, 9.17) is 5.73 Å². The third-order valence-electron chi connectivity index (χ3n) is 5.20. The Kier molecular flexibility index (Phi) is 6.21. The number of carbonyl (C=O) groups excluding carboxylic acids is 1. The molecule has 0 spiro atoms. The summed E-state index contributed by atoms with van der Waals surface area (Å²) in [4.78, 5) is 28.2. The van der Waals surface area contributed by atoms with Gasteiger partial charge in [-0.1, -0.05) is 30.3 Å². The summed E-state index contributed by atoms with van der Waals surface area (Å²) >= 11 is 0. The Bertz CT molecular complexity index is 1090. The van der Waals surface area contributed by atoms with Crippen LogP contribution in [0.15, 0.2) is 48.5 Å². The summed E-state index contributed by atoms with van der Waals surface area (Å²) in [5.41, 5.74) is 8.54. The molecule has 0 aliphatic carbocycles. The molecule has 0 radical (unpaired) electrons. The highest BCUT2D eigenvalue weighted by Gasteiger charge is 2.14. The molecule has 3 N–H and O–H groups in total. The molecule has 1 aliphatic rings. The van der Waals surface area contributed by atoms with Gasteiger partial charge in [-0.25, -0.2) is 4.98 Å². The zero-order valence-electron chi connectivity index (χ0n) is 17.6. The largest absolute Gasteiger partial charge is 0.397 e. The SMILES string of the molecule is Cc1nc(/C=C/c2ccc(C(=O)Nc3ccccc3N)cc2)nc(N2CCCCC2)n1. The van der Waals surface area contributed by atoms with E-state index < -0.39 is 0 Å². The Morgan fingerprint density at radius 2 is 1.71 bits per heavy atom. The summed E-state index contributed by atoms with van der Waals surface area (Å²) in [6.07, 6.45) is 7.42. The first-order valence-corrected chi connectivity index (χ1v) is 10.5. The topological polar surface area (TPSA) is 97.0 Å². The number of nitrogens with one attached hydrogen (secondary N) is 1. The van der Waals surface area contributed by atoms with Crippen LogP contribution in [0.4, 0.5) is 17.3 Å². The molecular formula is C24H26N6O. The molecule has 0 saturated carbocycles. The highest BCUT2D eigenvalue weighted by Crippen LogP contribution is 2.19. The van der Waals surface area contributed by atoms with Gasteiger partial charge < -0.3 is 16.0 Å². The number of aryl methyl sites for hydroxylation is 1. The van der Waals surface area contributed by atoms with Crippen molar-refractivity contribution < 1.29 is 4.79 Å². The molecule has 7 nitrogen and oxygen atoms in total. The van der Waals surface area contributed by atoms with Crippen LogP contribution in [0.5, 0.6) is 0 Å². The maximum Gasteiger partial charge on any atom is 0.255 e. The number of para-hydroxylation sites is 2. The first-order chi connectivity index (χ1) is 15.1. The van der Waals surface area contributed by atoms with Gasteiger partial charge in [0.1, 0.15) is 5.82 Å². The second-order valence-electron chi connectivity index (χ2n) is 7.59. The number of nitrogens with zero attached hydrogens (tertiary/aromatic N) is 4. The number of piperidine rings is 1. The first-order valence-electron chi connectivity index (χ1n) is 10.5. The molecule has 1 fully saturated rings. The van der Waals surface area contributed by atoms with E-state index in [-0.39, 0.29) is 5.91 Å². The van der Waals surface area contributed by atoms with E-state index in [1.54, 1.807) is 24.3 Å². The van der Waals surface area contributed by atoms with E-state index in [0.29, 0.717) is 28.6 Å². The Morgan fingerprint density at radius 3 is 2.45 bits per heavy atom. The van der Waals surface area contributed by atoms with Crippen LogP contribution in [0.3, 0.4) is 0 Å². The minimum absolute atomic E-state index is 0.201. The Hall–Kier alpha value is -3.74. The monoisotopic (exact) mass is 414 g/mol. The van der Waals surface area contributed by atoms with Crippen molar-refractivity contribution in [3.8, 4) is 0 Å². The molecular weight excluding hydrogens is 388 g/mol. The predicted molar refractivity (Wildman–Crippen MR) is 125 cm³/mol. The molecule has 0 atom stereocenters. The maximum absolute atomic E-state index is 12.5. The van der Waals surface area contributed by atoms with Gasteiger partial charge >= 0.3 is 0 Å². The van der Waals surface area contributed by atoms with Gasteiger partial charge in [0.25, 0.3) is 5.91 Å². The fourth-order valence-electron chi connectivity index (χ4n) is 3.52. The van der Waals surface area contributed by atoms with E-state index in [1.165, 1.54) is 19.3 Å². The number of nitrogens with two attached hydrogens (primary N) is 1. The number of nitrogen functional groups attached to an aromatic ring is 1. The van der Waals surface area contributed by atoms with Gasteiger partial charge in [0.15, 0.2) is 5.82 Å². The van der Waals surface area contributed by atoms with Crippen molar-refractivity contribution in [2.24, 2.45) is 0 Å². The van der Waals surface area contributed by atoms with Gasteiger partial charge in [0.05, 0.1) is 11.4 Å². The number of rotatable bonds is 5. The number of hydrogen-bond acceptors (Lipinski definition) is 6. The number of aromatic nitrogens is 3. The smallest absolute Gasteiger partial charge is 0.255 e. The Balaban J connectivity index is 1.44. The fraction of sp³-hybridized carbons (Fsp3) is 0.250. The number of carbonyl (C=O) groups is 1. The van der Waals surface area contributed by atoms with Crippen molar-refractivity contribution in [2.75, 3.05) is 29.0 Å². The van der Waals surface area contributed by atoms with E-state index >= 15 is 0 Å². The highest BCUT2D eigenvalue weighted by molar-refractivity contribution is 6.05. The fourth-order valence-corrected chi connectivity index (χ4v) is 3.52. The van der Waals surface area contributed by atoms with Crippen molar-refractivity contribution in [1.29, 1.82) is 0 Å². The lowest BCUT2D eigenvalue weighted by molar-refractivity contribution is 0.102. The zero-order valence-corrected chi connectivity index (χ0v) is 17.6. The van der Waals surface area contributed by atoms with Crippen molar-refractivity contribution in [3.63, 3.8) is 0 Å². The maximum atomic E-state index is 12.5. The van der Waals surface area contributed by atoms with Crippen LogP contribution in [0, 0.1) is 6.92 Å². The minimum atomic E-state index is -0.201. The quantitative estimate of drug-likeness (QED) is 0.608. The lowest BCUT2D eigenvalue weighted by Gasteiger charge is -2.26. The summed E-state index contributed by atoms with van der Waals surface area (Å²) in [6, 6.07) is 14.5. The van der Waals surface area contributed by atoms with Crippen LogP contribution < -0.4 is 16.0 Å². The van der Waals surface area contributed by atoms with Crippen LogP contribution >= 0.6 is 0 Å². The third-order valence-corrected chi connectivity index (χ3v) is 5.20. The van der Waals surface area contributed by atoms with Gasteiger partial charge in [-0.3, -0.25) is 4.79 Å². The second-order valence-corrected chi connectivity index (χ2v) is 7.59. The minimum Gasteiger partial charge on any atom is -0.397 e. The van der Waals surface area contributed by atoms with E-state index in [0.717, 1.165) is 24.6 Å². The highest BCUT2D eigenvalue weighted by atomic mass is 16.1.